The molecule has 2 aliphatic rings. The molecule has 0 spiro atoms. The third-order valence-electron chi connectivity index (χ3n) is 6.40. The lowest BCUT2D eigenvalue weighted by molar-refractivity contribution is 0.126. The van der Waals surface area contributed by atoms with Gasteiger partial charge in [0.05, 0.1) is 7.11 Å². The topological polar surface area (TPSA) is 45.3 Å². The first-order valence-electron chi connectivity index (χ1n) is 9.63. The molecule has 4 heteroatoms. The van der Waals surface area contributed by atoms with E-state index in [1.807, 2.05) is 25.1 Å². The van der Waals surface area contributed by atoms with E-state index >= 15 is 0 Å². The summed E-state index contributed by atoms with van der Waals surface area (Å²) in [5, 5.41) is 0.721. The summed E-state index contributed by atoms with van der Waals surface area (Å²) in [4.78, 5) is 19.2. The predicted molar refractivity (Wildman–Crippen MR) is 106 cm³/mol. The Labute approximate surface area is 155 Å². The van der Waals surface area contributed by atoms with Gasteiger partial charge in [-0.15, -0.1) is 0 Å². The van der Waals surface area contributed by atoms with E-state index in [4.69, 9.17) is 4.74 Å². The summed E-state index contributed by atoms with van der Waals surface area (Å²) in [7, 11) is 1.64. The van der Waals surface area contributed by atoms with E-state index in [9.17, 15) is 4.79 Å². The number of hydrogen-bond acceptors (Lipinski definition) is 3. The summed E-state index contributed by atoms with van der Waals surface area (Å²) in [5.74, 6) is 0.726. The molecule has 1 saturated carbocycles. The number of hydrogen-bond donors (Lipinski definition) is 1. The van der Waals surface area contributed by atoms with Crippen molar-refractivity contribution in [1.29, 1.82) is 0 Å². The second-order valence-electron chi connectivity index (χ2n) is 9.59. The van der Waals surface area contributed by atoms with Gasteiger partial charge in [-0.2, -0.15) is 0 Å². The molecule has 1 N–H and O–H groups in total. The van der Waals surface area contributed by atoms with Gasteiger partial charge in [0, 0.05) is 41.3 Å². The van der Waals surface area contributed by atoms with Crippen molar-refractivity contribution in [1.82, 2.24) is 9.88 Å². The Morgan fingerprint density at radius 2 is 2.04 bits per heavy atom. The van der Waals surface area contributed by atoms with Crippen molar-refractivity contribution in [2.75, 3.05) is 13.7 Å². The van der Waals surface area contributed by atoms with E-state index in [1.165, 1.54) is 19.3 Å². The molecular formula is C22H30N2O2. The van der Waals surface area contributed by atoms with Crippen molar-refractivity contribution < 1.29 is 4.74 Å². The van der Waals surface area contributed by atoms with Crippen LogP contribution in [0.4, 0.5) is 0 Å². The Kier molecular flexibility index (Phi) is 3.96. The molecule has 0 radical (unpaired) electrons. The number of aromatic amines is 1. The van der Waals surface area contributed by atoms with Crippen LogP contribution in [0.1, 0.15) is 51.3 Å². The summed E-state index contributed by atoms with van der Waals surface area (Å²) in [6.07, 6.45) is 3.76. The molecule has 1 aliphatic heterocycles. The molecule has 0 amide bonds. The highest BCUT2D eigenvalue weighted by atomic mass is 16.5. The minimum Gasteiger partial charge on any atom is -0.497 e. The number of fused-ring (bicyclic) bond motifs is 3. The zero-order valence-corrected chi connectivity index (χ0v) is 16.6. The highest BCUT2D eigenvalue weighted by molar-refractivity contribution is 5.81. The highest BCUT2D eigenvalue weighted by Gasteiger charge is 2.49. The third-order valence-corrected chi connectivity index (χ3v) is 6.40. The quantitative estimate of drug-likeness (QED) is 0.896. The lowest BCUT2D eigenvalue weighted by Crippen LogP contribution is -2.35. The van der Waals surface area contributed by atoms with Crippen molar-refractivity contribution in [2.45, 2.75) is 59.5 Å². The van der Waals surface area contributed by atoms with Crippen LogP contribution in [0.5, 0.6) is 5.75 Å². The smallest absolute Gasteiger partial charge is 0.194 e. The molecule has 2 fully saturated rings. The number of aryl methyl sites for hydroxylation is 1. The average molecular weight is 354 g/mol. The van der Waals surface area contributed by atoms with Crippen LogP contribution in [0.3, 0.4) is 0 Å². The van der Waals surface area contributed by atoms with Crippen molar-refractivity contribution in [3.05, 3.63) is 39.7 Å². The monoisotopic (exact) mass is 354 g/mol. The van der Waals surface area contributed by atoms with Crippen molar-refractivity contribution in [3.8, 4) is 5.75 Å². The molecule has 2 atom stereocenters. The molecule has 0 unspecified atom stereocenters. The maximum Gasteiger partial charge on any atom is 0.194 e. The van der Waals surface area contributed by atoms with Crippen LogP contribution in [0.15, 0.2) is 23.0 Å². The van der Waals surface area contributed by atoms with E-state index in [0.29, 0.717) is 16.9 Å². The molecule has 26 heavy (non-hydrogen) atoms. The molecule has 140 valence electrons. The SMILES string of the molecule is COc1ccc2[nH]c(C)c(CN3C[C@]4(C)C[C@@H]3CC(C)(C)C4)c(=O)c2c1. The lowest BCUT2D eigenvalue weighted by atomic mass is 9.65. The van der Waals surface area contributed by atoms with E-state index in [0.717, 1.165) is 41.0 Å². The number of pyridine rings is 1. The highest BCUT2D eigenvalue weighted by Crippen LogP contribution is 2.52. The fourth-order valence-electron chi connectivity index (χ4n) is 5.71. The fourth-order valence-corrected chi connectivity index (χ4v) is 5.71. The predicted octanol–water partition coefficient (Wildman–Crippen LogP) is 4.25. The van der Waals surface area contributed by atoms with Gasteiger partial charge in [-0.05, 0) is 55.2 Å². The van der Waals surface area contributed by atoms with Gasteiger partial charge in [-0.1, -0.05) is 20.8 Å². The maximum atomic E-state index is 13.2. The first-order chi connectivity index (χ1) is 12.2. The largest absolute Gasteiger partial charge is 0.497 e. The number of benzene rings is 1. The number of likely N-dealkylation sites (tertiary alicyclic amines) is 1. The van der Waals surface area contributed by atoms with Gasteiger partial charge in [-0.3, -0.25) is 9.69 Å². The van der Waals surface area contributed by atoms with Gasteiger partial charge in [0.25, 0.3) is 0 Å². The number of ether oxygens (including phenoxy) is 1. The van der Waals surface area contributed by atoms with Crippen molar-refractivity contribution >= 4 is 10.9 Å². The molecule has 1 saturated heterocycles. The first-order valence-corrected chi connectivity index (χ1v) is 9.63. The molecule has 4 rings (SSSR count). The van der Waals surface area contributed by atoms with Gasteiger partial charge >= 0.3 is 0 Å². The molecule has 2 heterocycles. The standard InChI is InChI=1S/C22H30N2O2/c1-14-18(20(25)17-8-16(26-5)6-7-19(17)23-14)11-24-13-22(4)10-15(24)9-21(2,3)12-22/h6-8,15H,9-13H2,1-5H3,(H,23,25)/t15-,22+/m0/s1. The minimum absolute atomic E-state index is 0.140. The summed E-state index contributed by atoms with van der Waals surface area (Å²) in [6, 6.07) is 6.26. The zero-order valence-electron chi connectivity index (χ0n) is 16.6. The second-order valence-corrected chi connectivity index (χ2v) is 9.59. The summed E-state index contributed by atoms with van der Waals surface area (Å²) in [6.45, 7) is 11.1. The number of nitrogens with zero attached hydrogens (tertiary/aromatic N) is 1. The molecule has 2 bridgehead atoms. The van der Waals surface area contributed by atoms with Crippen molar-refractivity contribution in [3.63, 3.8) is 0 Å². The van der Waals surface area contributed by atoms with Crippen LogP contribution in [-0.2, 0) is 6.54 Å². The number of methoxy groups -OCH3 is 1. The molecule has 4 nitrogen and oxygen atoms in total. The van der Waals surface area contributed by atoms with Gasteiger partial charge in [0.2, 0.25) is 0 Å². The first kappa shape index (κ1) is 17.6. The average Bonchev–Trinajstić information content (AvgIpc) is 2.79. The molecular weight excluding hydrogens is 324 g/mol. The molecule has 1 aromatic carbocycles. The van der Waals surface area contributed by atoms with Gasteiger partial charge in [-0.25, -0.2) is 0 Å². The number of H-pyrrole nitrogens is 1. The Balaban J connectivity index is 1.71. The fraction of sp³-hybridized carbons (Fsp3) is 0.591. The molecule has 1 aromatic heterocycles. The number of nitrogens with one attached hydrogen (secondary N) is 1. The summed E-state index contributed by atoms with van der Waals surface area (Å²) < 4.78 is 5.31. The summed E-state index contributed by atoms with van der Waals surface area (Å²) >= 11 is 0. The van der Waals surface area contributed by atoms with Crippen LogP contribution < -0.4 is 10.2 Å². The minimum atomic E-state index is 0.140. The van der Waals surface area contributed by atoms with E-state index in [1.54, 1.807) is 7.11 Å². The Morgan fingerprint density at radius 3 is 2.77 bits per heavy atom. The second kappa shape index (κ2) is 5.85. The van der Waals surface area contributed by atoms with Crippen molar-refractivity contribution in [2.24, 2.45) is 10.8 Å². The van der Waals surface area contributed by atoms with E-state index in [2.05, 4.69) is 30.7 Å². The van der Waals surface area contributed by atoms with E-state index in [-0.39, 0.29) is 5.43 Å². The van der Waals surface area contributed by atoms with E-state index < -0.39 is 0 Å². The Hall–Kier alpha value is -1.81. The lowest BCUT2D eigenvalue weighted by Gasteiger charge is -2.40. The zero-order chi connectivity index (χ0) is 18.7. The molecule has 1 aliphatic carbocycles. The molecule has 2 aromatic rings. The Bertz CT molecular complexity index is 914. The van der Waals surface area contributed by atoms with Gasteiger partial charge in [0.1, 0.15) is 5.75 Å². The van der Waals surface area contributed by atoms with Crippen LogP contribution in [0.2, 0.25) is 0 Å². The normalized spacial score (nSPS) is 27.8. The van der Waals surface area contributed by atoms with Gasteiger partial charge < -0.3 is 9.72 Å². The maximum absolute atomic E-state index is 13.2. The Morgan fingerprint density at radius 1 is 1.27 bits per heavy atom. The third kappa shape index (κ3) is 2.94. The number of rotatable bonds is 3. The van der Waals surface area contributed by atoms with Crippen LogP contribution in [0, 0.1) is 17.8 Å². The number of aromatic nitrogens is 1. The van der Waals surface area contributed by atoms with Crippen LogP contribution in [-0.4, -0.2) is 29.6 Å². The van der Waals surface area contributed by atoms with Crippen LogP contribution >= 0.6 is 0 Å². The van der Waals surface area contributed by atoms with Crippen LogP contribution in [0.25, 0.3) is 10.9 Å². The summed E-state index contributed by atoms with van der Waals surface area (Å²) in [5.41, 5.74) is 3.68. The van der Waals surface area contributed by atoms with Gasteiger partial charge in [0.15, 0.2) is 5.43 Å².